The Kier molecular flexibility index (Phi) is 4.12. The van der Waals surface area contributed by atoms with E-state index in [1.54, 1.807) is 34.0 Å². The van der Waals surface area contributed by atoms with Crippen LogP contribution in [0.5, 0.6) is 0 Å². The van der Waals surface area contributed by atoms with Crippen LogP contribution in [0.15, 0.2) is 66.0 Å². The zero-order chi connectivity index (χ0) is 19.3. The molecular formula is C21H11ClN2O2S2. The van der Waals surface area contributed by atoms with Crippen LogP contribution in [0.4, 0.5) is 0 Å². The number of carbonyl (C=O) groups excluding carboxylic acids is 2. The number of carbonyl (C=O) groups is 2. The number of halogens is 1. The summed E-state index contributed by atoms with van der Waals surface area (Å²) in [5.74, 6) is -1.09. The average Bonchev–Trinajstić information content (AvgIpc) is 3.43. The van der Waals surface area contributed by atoms with Gasteiger partial charge in [-0.1, -0.05) is 53.3 Å². The molecule has 3 heterocycles. The van der Waals surface area contributed by atoms with E-state index in [-0.39, 0.29) is 5.69 Å². The summed E-state index contributed by atoms with van der Waals surface area (Å²) < 4.78 is 2.79. The molecule has 0 aliphatic rings. The van der Waals surface area contributed by atoms with Gasteiger partial charge in [0.25, 0.3) is 5.78 Å². The number of imidazole rings is 1. The molecule has 7 heteroatoms. The van der Waals surface area contributed by atoms with Crippen LogP contribution in [0.1, 0.15) is 20.2 Å². The number of ketones is 2. The number of fused-ring (bicyclic) bond motifs is 3. The van der Waals surface area contributed by atoms with Gasteiger partial charge in [0, 0.05) is 10.6 Å². The Labute approximate surface area is 172 Å². The van der Waals surface area contributed by atoms with Crippen molar-refractivity contribution >= 4 is 61.0 Å². The van der Waals surface area contributed by atoms with Crippen molar-refractivity contribution in [3.8, 4) is 11.3 Å². The van der Waals surface area contributed by atoms with Crippen LogP contribution in [-0.2, 0) is 0 Å². The summed E-state index contributed by atoms with van der Waals surface area (Å²) in [6.45, 7) is 0. The third kappa shape index (κ3) is 2.69. The van der Waals surface area contributed by atoms with Crippen LogP contribution in [0.3, 0.4) is 0 Å². The molecule has 136 valence electrons. The van der Waals surface area contributed by atoms with Gasteiger partial charge in [0.2, 0.25) is 5.78 Å². The number of rotatable bonds is 4. The largest absolute Gasteiger partial charge is 0.284 e. The number of nitrogens with zero attached hydrogens (tertiary/aromatic N) is 2. The molecule has 5 aromatic rings. The molecule has 0 aliphatic carbocycles. The van der Waals surface area contributed by atoms with Crippen LogP contribution in [-0.4, -0.2) is 21.0 Å². The van der Waals surface area contributed by atoms with Gasteiger partial charge in [0.05, 0.1) is 15.1 Å². The molecule has 0 spiro atoms. The minimum absolute atomic E-state index is 0.285. The molecule has 2 aromatic carbocycles. The Balaban J connectivity index is 1.80. The fourth-order valence-corrected chi connectivity index (χ4v) is 4.98. The third-order valence-electron chi connectivity index (χ3n) is 4.44. The molecule has 4 nitrogen and oxygen atoms in total. The first kappa shape index (κ1) is 17.3. The van der Waals surface area contributed by atoms with E-state index in [9.17, 15) is 9.59 Å². The average molecular weight is 423 g/mol. The van der Waals surface area contributed by atoms with Crippen LogP contribution < -0.4 is 0 Å². The van der Waals surface area contributed by atoms with E-state index < -0.39 is 11.6 Å². The molecule has 0 bridgehead atoms. The Morgan fingerprint density at radius 3 is 2.46 bits per heavy atom. The molecule has 0 aliphatic heterocycles. The molecule has 0 unspecified atom stereocenters. The maximum atomic E-state index is 13.3. The van der Waals surface area contributed by atoms with E-state index in [0.717, 1.165) is 15.8 Å². The lowest BCUT2D eigenvalue weighted by molar-refractivity contribution is 0.0816. The first-order valence-electron chi connectivity index (χ1n) is 8.42. The van der Waals surface area contributed by atoms with Crippen molar-refractivity contribution in [3.63, 3.8) is 0 Å². The SMILES string of the molecule is O=C(C(=O)c1c(-c2ccc(Cl)cc2)nc2sc3ccccc3n12)c1cccs1. The van der Waals surface area contributed by atoms with E-state index in [2.05, 4.69) is 0 Å². The molecule has 0 amide bonds. The number of thiophene rings is 1. The normalized spacial score (nSPS) is 11.3. The quantitative estimate of drug-likeness (QED) is 0.264. The van der Waals surface area contributed by atoms with Crippen LogP contribution >= 0.6 is 34.3 Å². The van der Waals surface area contributed by atoms with Gasteiger partial charge in [-0.05, 0) is 35.7 Å². The van der Waals surface area contributed by atoms with E-state index in [0.29, 0.717) is 20.6 Å². The molecule has 0 atom stereocenters. The second-order valence-corrected chi connectivity index (χ2v) is 8.53. The summed E-state index contributed by atoms with van der Waals surface area (Å²) in [5.41, 5.74) is 2.38. The molecule has 0 radical (unpaired) electrons. The number of hydrogen-bond donors (Lipinski definition) is 0. The Morgan fingerprint density at radius 1 is 0.929 bits per heavy atom. The van der Waals surface area contributed by atoms with Crippen LogP contribution in [0.25, 0.3) is 26.4 Å². The van der Waals surface area contributed by atoms with Gasteiger partial charge in [-0.3, -0.25) is 14.0 Å². The van der Waals surface area contributed by atoms with Gasteiger partial charge in [-0.25, -0.2) is 4.98 Å². The molecule has 0 saturated carbocycles. The van der Waals surface area contributed by atoms with E-state index >= 15 is 0 Å². The number of Topliss-reactive ketones (excluding diaryl/α,β-unsaturated/α-hetero) is 2. The Morgan fingerprint density at radius 2 is 1.71 bits per heavy atom. The van der Waals surface area contributed by atoms with Crippen LogP contribution in [0, 0.1) is 0 Å². The van der Waals surface area contributed by atoms with Crippen LogP contribution in [0.2, 0.25) is 5.02 Å². The summed E-state index contributed by atoms with van der Waals surface area (Å²) in [5, 5.41) is 2.38. The summed E-state index contributed by atoms with van der Waals surface area (Å²) in [4.78, 5) is 31.9. The molecule has 5 rings (SSSR count). The Hall–Kier alpha value is -2.80. The van der Waals surface area contributed by atoms with Crippen molar-refractivity contribution in [1.82, 2.24) is 9.38 Å². The van der Waals surface area contributed by atoms with Gasteiger partial charge in [-0.2, -0.15) is 0 Å². The Bertz CT molecular complexity index is 1350. The maximum absolute atomic E-state index is 13.3. The second-order valence-electron chi connectivity index (χ2n) is 6.14. The summed E-state index contributed by atoms with van der Waals surface area (Å²) in [7, 11) is 0. The number of thiazole rings is 1. The number of benzene rings is 2. The van der Waals surface area contributed by atoms with Crippen molar-refractivity contribution < 1.29 is 9.59 Å². The fraction of sp³-hybridized carbons (Fsp3) is 0. The van der Waals surface area contributed by atoms with Gasteiger partial charge in [-0.15, -0.1) is 11.3 Å². The highest BCUT2D eigenvalue weighted by Gasteiger charge is 2.29. The first-order chi connectivity index (χ1) is 13.6. The number of aromatic nitrogens is 2. The monoisotopic (exact) mass is 422 g/mol. The van der Waals surface area contributed by atoms with Gasteiger partial charge in [0.15, 0.2) is 4.96 Å². The summed E-state index contributed by atoms with van der Waals surface area (Å²) in [6.07, 6.45) is 0. The van der Waals surface area contributed by atoms with Gasteiger partial charge >= 0.3 is 0 Å². The van der Waals surface area contributed by atoms with Crippen molar-refractivity contribution in [3.05, 3.63) is 81.6 Å². The zero-order valence-corrected chi connectivity index (χ0v) is 16.6. The molecule has 0 fully saturated rings. The molecular weight excluding hydrogens is 412 g/mol. The molecule has 0 saturated heterocycles. The van der Waals surface area contributed by atoms with Crippen molar-refractivity contribution in [2.45, 2.75) is 0 Å². The minimum Gasteiger partial charge on any atom is -0.284 e. The molecule has 3 aromatic heterocycles. The lowest BCUT2D eigenvalue weighted by Crippen LogP contribution is -2.16. The van der Waals surface area contributed by atoms with Crippen molar-refractivity contribution in [2.24, 2.45) is 0 Å². The lowest BCUT2D eigenvalue weighted by atomic mass is 10.1. The second kappa shape index (κ2) is 6.67. The van der Waals surface area contributed by atoms with E-state index in [1.165, 1.54) is 22.7 Å². The lowest BCUT2D eigenvalue weighted by Gasteiger charge is -2.04. The van der Waals surface area contributed by atoms with Gasteiger partial charge in [0.1, 0.15) is 11.4 Å². The van der Waals surface area contributed by atoms with Gasteiger partial charge < -0.3 is 0 Å². The van der Waals surface area contributed by atoms with Crippen molar-refractivity contribution in [1.29, 1.82) is 0 Å². The molecule has 28 heavy (non-hydrogen) atoms. The smallest absolute Gasteiger partial charge is 0.253 e. The molecule has 0 N–H and O–H groups in total. The topological polar surface area (TPSA) is 51.4 Å². The van der Waals surface area contributed by atoms with Crippen molar-refractivity contribution in [2.75, 3.05) is 0 Å². The maximum Gasteiger partial charge on any atom is 0.253 e. The number of para-hydroxylation sites is 1. The highest BCUT2D eigenvalue weighted by atomic mass is 35.5. The third-order valence-corrected chi connectivity index (χ3v) is 6.58. The standard InChI is InChI=1S/C21H11ClN2O2S2/c22-13-9-7-12(8-10-13)17-18(20(26)19(25)16-6-3-11-27-16)24-14-4-1-2-5-15(14)28-21(24)23-17/h1-11H. The van der Waals surface area contributed by atoms with E-state index in [1.807, 2.05) is 36.4 Å². The predicted molar refractivity (Wildman–Crippen MR) is 114 cm³/mol. The highest BCUT2D eigenvalue weighted by molar-refractivity contribution is 7.23. The van der Waals surface area contributed by atoms with E-state index in [4.69, 9.17) is 16.6 Å². The first-order valence-corrected chi connectivity index (χ1v) is 10.5. The summed E-state index contributed by atoms with van der Waals surface area (Å²) in [6, 6.07) is 18.3. The number of hydrogen-bond acceptors (Lipinski definition) is 5. The minimum atomic E-state index is -0.566. The fourth-order valence-electron chi connectivity index (χ4n) is 3.16. The predicted octanol–water partition coefficient (Wildman–Crippen LogP) is 6.00. The highest BCUT2D eigenvalue weighted by Crippen LogP contribution is 2.34. The zero-order valence-electron chi connectivity index (χ0n) is 14.3. The summed E-state index contributed by atoms with van der Waals surface area (Å²) >= 11 is 8.75.